The highest BCUT2D eigenvalue weighted by Gasteiger charge is 2.25. The fourth-order valence-corrected chi connectivity index (χ4v) is 4.80. The van der Waals surface area contributed by atoms with Gasteiger partial charge in [0.25, 0.3) is 11.8 Å². The Morgan fingerprint density at radius 2 is 1.63 bits per heavy atom. The quantitative estimate of drug-likeness (QED) is 0.405. The molecule has 0 bridgehead atoms. The van der Waals surface area contributed by atoms with Crippen LogP contribution in [0.4, 0.5) is 11.4 Å². The largest absolute Gasteiger partial charge is 0.365 e. The topological polar surface area (TPSA) is 64.7 Å². The van der Waals surface area contributed by atoms with Gasteiger partial charge in [-0.2, -0.15) is 0 Å². The van der Waals surface area contributed by atoms with Crippen LogP contribution in [0.1, 0.15) is 26.3 Å². The molecule has 1 fully saturated rings. The van der Waals surface area contributed by atoms with Crippen LogP contribution in [0.25, 0.3) is 0 Å². The van der Waals surface area contributed by atoms with Crippen molar-refractivity contribution in [3.63, 3.8) is 0 Å². The van der Waals surface area contributed by atoms with Crippen molar-refractivity contribution in [1.82, 2.24) is 10.2 Å². The molecule has 0 spiro atoms. The van der Waals surface area contributed by atoms with E-state index < -0.39 is 0 Å². The third-order valence-corrected chi connectivity index (χ3v) is 6.73. The number of amides is 2. The summed E-state index contributed by atoms with van der Waals surface area (Å²) in [4.78, 5) is 29.4. The maximum atomic E-state index is 12.9. The number of nitrogens with one attached hydrogen (secondary N) is 2. The minimum Gasteiger partial charge on any atom is -0.365 e. The third-order valence-electron chi connectivity index (χ3n) is 5.73. The Kier molecular flexibility index (Phi) is 8.05. The lowest BCUT2D eigenvalue weighted by Gasteiger charge is -2.37. The highest BCUT2D eigenvalue weighted by molar-refractivity contribution is 9.10. The fourth-order valence-electron chi connectivity index (χ4n) is 3.91. The van der Waals surface area contributed by atoms with Crippen LogP contribution in [0.3, 0.4) is 0 Å². The molecule has 1 aliphatic heterocycles. The van der Waals surface area contributed by atoms with Crippen molar-refractivity contribution in [1.29, 1.82) is 0 Å². The molecule has 3 aromatic carbocycles. The highest BCUT2D eigenvalue weighted by Crippen LogP contribution is 2.34. The third kappa shape index (κ3) is 6.20. The number of thiocarbonyl (C=S) groups is 1. The average molecular weight is 572 g/mol. The minimum atomic E-state index is -0.310. The van der Waals surface area contributed by atoms with Gasteiger partial charge in [0.05, 0.1) is 16.4 Å². The number of para-hydroxylation sites is 1. The Bertz CT molecular complexity index is 1260. The van der Waals surface area contributed by atoms with E-state index in [4.69, 9.17) is 23.8 Å². The number of carbonyl (C=O) groups is 2. The van der Waals surface area contributed by atoms with Crippen LogP contribution in [0, 0.1) is 6.92 Å². The molecule has 35 heavy (non-hydrogen) atoms. The number of carbonyl (C=O) groups excluding carboxylic acids is 2. The predicted octanol–water partition coefficient (Wildman–Crippen LogP) is 5.50. The first-order valence-corrected chi connectivity index (χ1v) is 12.7. The van der Waals surface area contributed by atoms with Crippen LogP contribution in [0.2, 0.25) is 5.02 Å². The number of hydrogen-bond donors (Lipinski definition) is 2. The summed E-state index contributed by atoms with van der Waals surface area (Å²) in [6.45, 7) is 4.38. The summed E-state index contributed by atoms with van der Waals surface area (Å²) in [6.07, 6.45) is 0. The van der Waals surface area contributed by atoms with Crippen molar-refractivity contribution in [2.75, 3.05) is 36.4 Å². The molecule has 0 unspecified atom stereocenters. The summed E-state index contributed by atoms with van der Waals surface area (Å²) in [5.74, 6) is -0.283. The van der Waals surface area contributed by atoms with Gasteiger partial charge in [0.2, 0.25) is 0 Å². The van der Waals surface area contributed by atoms with E-state index in [-0.39, 0.29) is 16.9 Å². The molecule has 3 aromatic rings. The van der Waals surface area contributed by atoms with Crippen molar-refractivity contribution >= 4 is 68.1 Å². The first-order chi connectivity index (χ1) is 16.8. The maximum Gasteiger partial charge on any atom is 0.257 e. The molecule has 1 heterocycles. The molecule has 4 rings (SSSR count). The highest BCUT2D eigenvalue weighted by atomic mass is 79.9. The number of halogens is 2. The van der Waals surface area contributed by atoms with E-state index in [2.05, 4.69) is 31.5 Å². The van der Waals surface area contributed by atoms with Gasteiger partial charge in [-0.15, -0.1) is 0 Å². The van der Waals surface area contributed by atoms with E-state index in [1.165, 1.54) is 0 Å². The van der Waals surface area contributed by atoms with Gasteiger partial charge in [-0.25, -0.2) is 0 Å². The van der Waals surface area contributed by atoms with Crippen molar-refractivity contribution in [2.45, 2.75) is 6.92 Å². The zero-order valence-corrected chi connectivity index (χ0v) is 22.2. The number of piperazine rings is 1. The molecule has 0 aromatic heterocycles. The van der Waals surface area contributed by atoms with Crippen LogP contribution >= 0.6 is 39.7 Å². The lowest BCUT2D eigenvalue weighted by Crippen LogP contribution is -2.49. The number of benzene rings is 3. The number of rotatable bonds is 4. The number of aryl methyl sites for hydroxylation is 1. The molecule has 0 saturated carbocycles. The van der Waals surface area contributed by atoms with E-state index in [9.17, 15) is 9.59 Å². The molecular formula is C26H24BrClN4O2S. The van der Waals surface area contributed by atoms with E-state index in [0.717, 1.165) is 15.7 Å². The maximum absolute atomic E-state index is 12.9. The van der Waals surface area contributed by atoms with E-state index in [1.54, 1.807) is 18.2 Å². The zero-order chi connectivity index (χ0) is 24.9. The lowest BCUT2D eigenvalue weighted by atomic mass is 10.1. The SMILES string of the molecule is Cc1ccc(C(=O)N2CCN(c3c(Cl)cccc3NC(=S)NC(=O)c3cccc(Br)c3)CC2)cc1. The Morgan fingerprint density at radius 3 is 2.31 bits per heavy atom. The van der Waals surface area contributed by atoms with Crippen molar-refractivity contribution in [3.8, 4) is 0 Å². The van der Waals surface area contributed by atoms with Crippen LogP contribution in [-0.2, 0) is 0 Å². The van der Waals surface area contributed by atoms with Crippen LogP contribution in [-0.4, -0.2) is 48.0 Å². The average Bonchev–Trinajstić information content (AvgIpc) is 2.84. The zero-order valence-electron chi connectivity index (χ0n) is 19.1. The van der Waals surface area contributed by atoms with Gasteiger partial charge < -0.3 is 15.1 Å². The summed E-state index contributed by atoms with van der Waals surface area (Å²) < 4.78 is 0.807. The van der Waals surface area contributed by atoms with Gasteiger partial charge in [0.1, 0.15) is 0 Å². The molecule has 2 amide bonds. The smallest absolute Gasteiger partial charge is 0.257 e. The second kappa shape index (κ2) is 11.2. The molecular weight excluding hydrogens is 548 g/mol. The number of anilines is 2. The monoisotopic (exact) mass is 570 g/mol. The summed E-state index contributed by atoms with van der Waals surface area (Å²) in [6, 6.07) is 20.2. The summed E-state index contributed by atoms with van der Waals surface area (Å²) in [5.41, 5.74) is 3.78. The molecule has 2 N–H and O–H groups in total. The van der Waals surface area contributed by atoms with Crippen molar-refractivity contribution in [3.05, 3.63) is 92.9 Å². The van der Waals surface area contributed by atoms with E-state index >= 15 is 0 Å². The van der Waals surface area contributed by atoms with E-state index in [0.29, 0.717) is 48.0 Å². The first kappa shape index (κ1) is 25.2. The van der Waals surface area contributed by atoms with Gasteiger partial charge in [0.15, 0.2) is 5.11 Å². The van der Waals surface area contributed by atoms with Gasteiger partial charge in [-0.1, -0.05) is 57.4 Å². The van der Waals surface area contributed by atoms with E-state index in [1.807, 2.05) is 60.4 Å². The molecule has 1 aliphatic rings. The molecule has 0 aliphatic carbocycles. The Morgan fingerprint density at radius 1 is 0.943 bits per heavy atom. The summed E-state index contributed by atoms with van der Waals surface area (Å²) in [7, 11) is 0. The Labute approximate surface area is 223 Å². The first-order valence-electron chi connectivity index (χ1n) is 11.1. The Balaban J connectivity index is 1.42. The molecule has 180 valence electrons. The van der Waals surface area contributed by atoms with Gasteiger partial charge in [0, 0.05) is 41.8 Å². The summed E-state index contributed by atoms with van der Waals surface area (Å²) in [5, 5.41) is 6.56. The lowest BCUT2D eigenvalue weighted by molar-refractivity contribution is 0.0746. The summed E-state index contributed by atoms with van der Waals surface area (Å²) >= 11 is 15.3. The minimum absolute atomic E-state index is 0.0265. The molecule has 6 nitrogen and oxygen atoms in total. The second-order valence-electron chi connectivity index (χ2n) is 8.20. The predicted molar refractivity (Wildman–Crippen MR) is 149 cm³/mol. The van der Waals surface area contributed by atoms with Crippen LogP contribution in [0.15, 0.2) is 71.2 Å². The number of nitrogens with zero attached hydrogens (tertiary/aromatic N) is 2. The van der Waals surface area contributed by atoms with Crippen molar-refractivity contribution in [2.24, 2.45) is 0 Å². The Hall–Kier alpha value is -2.94. The van der Waals surface area contributed by atoms with Gasteiger partial charge >= 0.3 is 0 Å². The number of hydrogen-bond acceptors (Lipinski definition) is 4. The second-order valence-corrected chi connectivity index (χ2v) is 9.93. The van der Waals surface area contributed by atoms with Crippen LogP contribution < -0.4 is 15.5 Å². The molecule has 0 atom stereocenters. The van der Waals surface area contributed by atoms with Gasteiger partial charge in [-0.05, 0) is 61.6 Å². The van der Waals surface area contributed by atoms with Gasteiger partial charge in [-0.3, -0.25) is 14.9 Å². The molecule has 1 saturated heterocycles. The normalized spacial score (nSPS) is 13.3. The van der Waals surface area contributed by atoms with Crippen molar-refractivity contribution < 1.29 is 9.59 Å². The van der Waals surface area contributed by atoms with Crippen LogP contribution in [0.5, 0.6) is 0 Å². The molecule has 9 heteroatoms. The fraction of sp³-hybridized carbons (Fsp3) is 0.192. The standard InChI is InChI=1S/C26H24BrClN4O2S/c1-17-8-10-18(11-9-17)25(34)32-14-12-31(13-15-32)23-21(28)6-3-7-22(23)29-26(35)30-24(33)19-4-2-5-20(27)16-19/h2-11,16H,12-15H2,1H3,(H2,29,30,33,35). The molecule has 0 radical (unpaired) electrons.